The summed E-state index contributed by atoms with van der Waals surface area (Å²) in [6.45, 7) is 8.39. The highest BCUT2D eigenvalue weighted by Crippen LogP contribution is 2.19. The van der Waals surface area contributed by atoms with Crippen LogP contribution in [0.4, 0.5) is 0 Å². The topological polar surface area (TPSA) is 41.5 Å². The van der Waals surface area contributed by atoms with E-state index in [4.69, 9.17) is 4.74 Å². The molecule has 1 aromatic rings. The van der Waals surface area contributed by atoms with Gasteiger partial charge in [0.25, 0.3) is 0 Å². The molecule has 3 nitrogen and oxygen atoms in total. The highest BCUT2D eigenvalue weighted by molar-refractivity contribution is 5.29. The Morgan fingerprint density at radius 1 is 1.17 bits per heavy atom. The van der Waals surface area contributed by atoms with Crippen LogP contribution in [0.25, 0.3) is 0 Å². The predicted octanol–water partition coefficient (Wildman–Crippen LogP) is 2.90. The predicted molar refractivity (Wildman–Crippen MR) is 74.9 cm³/mol. The van der Waals surface area contributed by atoms with E-state index in [9.17, 15) is 5.11 Å². The van der Waals surface area contributed by atoms with Gasteiger partial charge in [-0.2, -0.15) is 0 Å². The van der Waals surface area contributed by atoms with Crippen LogP contribution in [0.2, 0.25) is 0 Å². The Hall–Kier alpha value is -1.06. The van der Waals surface area contributed by atoms with Gasteiger partial charge in [-0.15, -0.1) is 0 Å². The average Bonchev–Trinajstić information content (AvgIpc) is 2.35. The molecule has 102 valence electrons. The number of rotatable bonds is 7. The van der Waals surface area contributed by atoms with Crippen molar-refractivity contribution in [1.82, 2.24) is 5.32 Å². The summed E-state index contributed by atoms with van der Waals surface area (Å²) in [5.74, 6) is 0.898. The third-order valence-corrected chi connectivity index (χ3v) is 2.95. The molecule has 18 heavy (non-hydrogen) atoms. The second kappa shape index (κ2) is 7.39. The molecule has 2 atom stereocenters. The molecule has 0 saturated heterocycles. The molecule has 1 rings (SSSR count). The number of hydrogen-bond acceptors (Lipinski definition) is 3. The molecule has 0 spiro atoms. The molecule has 0 radical (unpaired) electrons. The first-order valence-electron chi connectivity index (χ1n) is 6.70. The molecule has 0 fully saturated rings. The Morgan fingerprint density at radius 2 is 1.78 bits per heavy atom. The monoisotopic (exact) mass is 251 g/mol. The van der Waals surface area contributed by atoms with Crippen LogP contribution >= 0.6 is 0 Å². The molecule has 0 bridgehead atoms. The lowest BCUT2D eigenvalue weighted by molar-refractivity contribution is 0.230. The van der Waals surface area contributed by atoms with E-state index in [1.165, 1.54) is 5.56 Å². The molecule has 0 aliphatic rings. The minimum absolute atomic E-state index is 0.159. The second-order valence-corrected chi connectivity index (χ2v) is 4.91. The second-order valence-electron chi connectivity index (χ2n) is 4.91. The molecule has 1 aromatic carbocycles. The van der Waals surface area contributed by atoms with E-state index in [-0.39, 0.29) is 24.8 Å². The van der Waals surface area contributed by atoms with Gasteiger partial charge >= 0.3 is 0 Å². The van der Waals surface area contributed by atoms with Gasteiger partial charge in [-0.1, -0.05) is 19.1 Å². The molecule has 0 aliphatic carbocycles. The average molecular weight is 251 g/mol. The molecule has 3 heteroatoms. The lowest BCUT2D eigenvalue weighted by Gasteiger charge is -2.21. The number of aliphatic hydroxyl groups excluding tert-OH is 1. The third kappa shape index (κ3) is 4.67. The highest BCUT2D eigenvalue weighted by atomic mass is 16.5. The van der Waals surface area contributed by atoms with E-state index in [2.05, 4.69) is 31.3 Å². The lowest BCUT2D eigenvalue weighted by atomic mass is 10.1. The number of benzene rings is 1. The quantitative estimate of drug-likeness (QED) is 0.783. The highest BCUT2D eigenvalue weighted by Gasteiger charge is 2.11. The standard InChI is InChI=1S/C15H25NO2/c1-5-14(10-17)16-12(4)13-6-8-15(9-7-13)18-11(2)3/h6-9,11-12,14,16-17H,5,10H2,1-4H3/t12?,14-/m1/s1. The summed E-state index contributed by atoms with van der Waals surface area (Å²) in [4.78, 5) is 0. The van der Waals surface area contributed by atoms with E-state index in [1.54, 1.807) is 0 Å². The van der Waals surface area contributed by atoms with Gasteiger partial charge in [0.15, 0.2) is 0 Å². The van der Waals surface area contributed by atoms with Crippen LogP contribution in [0.5, 0.6) is 5.75 Å². The fraction of sp³-hybridized carbons (Fsp3) is 0.600. The molecular formula is C15H25NO2. The van der Waals surface area contributed by atoms with Crippen LogP contribution in [0, 0.1) is 0 Å². The Labute approximate surface area is 110 Å². The van der Waals surface area contributed by atoms with Crippen molar-refractivity contribution in [2.24, 2.45) is 0 Å². The van der Waals surface area contributed by atoms with Gasteiger partial charge < -0.3 is 15.2 Å². The van der Waals surface area contributed by atoms with Crippen LogP contribution in [0.1, 0.15) is 45.7 Å². The van der Waals surface area contributed by atoms with Gasteiger partial charge in [0.05, 0.1) is 12.7 Å². The first kappa shape index (κ1) is 15.0. The van der Waals surface area contributed by atoms with Crippen LogP contribution < -0.4 is 10.1 Å². The molecule has 2 N–H and O–H groups in total. The van der Waals surface area contributed by atoms with Crippen molar-refractivity contribution >= 4 is 0 Å². The fourth-order valence-electron chi connectivity index (χ4n) is 1.86. The van der Waals surface area contributed by atoms with E-state index in [0.29, 0.717) is 0 Å². The first-order valence-corrected chi connectivity index (χ1v) is 6.70. The zero-order chi connectivity index (χ0) is 13.5. The normalized spacial score (nSPS) is 14.6. The summed E-state index contributed by atoms with van der Waals surface area (Å²) in [6.07, 6.45) is 1.13. The fourth-order valence-corrected chi connectivity index (χ4v) is 1.86. The Bertz CT molecular complexity index is 331. The number of ether oxygens (including phenoxy) is 1. The minimum atomic E-state index is 0.159. The number of aliphatic hydroxyl groups is 1. The van der Waals surface area contributed by atoms with E-state index in [0.717, 1.165) is 12.2 Å². The van der Waals surface area contributed by atoms with Gasteiger partial charge in [-0.3, -0.25) is 0 Å². The number of hydrogen-bond donors (Lipinski definition) is 2. The molecule has 0 heterocycles. The van der Waals surface area contributed by atoms with Crippen molar-refractivity contribution in [3.05, 3.63) is 29.8 Å². The van der Waals surface area contributed by atoms with Crippen molar-refractivity contribution < 1.29 is 9.84 Å². The first-order chi connectivity index (χ1) is 8.56. The molecular weight excluding hydrogens is 226 g/mol. The minimum Gasteiger partial charge on any atom is -0.491 e. The summed E-state index contributed by atoms with van der Waals surface area (Å²) in [6, 6.07) is 8.52. The maximum atomic E-state index is 9.18. The maximum Gasteiger partial charge on any atom is 0.119 e. The van der Waals surface area contributed by atoms with Crippen molar-refractivity contribution in [2.45, 2.75) is 52.3 Å². The van der Waals surface area contributed by atoms with Crippen LogP contribution in [-0.2, 0) is 0 Å². The largest absolute Gasteiger partial charge is 0.491 e. The van der Waals surface area contributed by atoms with Gasteiger partial charge in [0.2, 0.25) is 0 Å². The molecule has 1 unspecified atom stereocenters. The smallest absolute Gasteiger partial charge is 0.119 e. The maximum absolute atomic E-state index is 9.18. The van der Waals surface area contributed by atoms with E-state index in [1.807, 2.05) is 26.0 Å². The Morgan fingerprint density at radius 3 is 2.22 bits per heavy atom. The summed E-state index contributed by atoms with van der Waals surface area (Å²) in [7, 11) is 0. The van der Waals surface area contributed by atoms with Crippen molar-refractivity contribution in [3.63, 3.8) is 0 Å². The van der Waals surface area contributed by atoms with E-state index >= 15 is 0 Å². The summed E-state index contributed by atoms with van der Waals surface area (Å²) in [5.41, 5.74) is 1.21. The zero-order valence-corrected chi connectivity index (χ0v) is 11.8. The van der Waals surface area contributed by atoms with Crippen molar-refractivity contribution in [2.75, 3.05) is 6.61 Å². The van der Waals surface area contributed by atoms with E-state index < -0.39 is 0 Å². The van der Waals surface area contributed by atoms with Gasteiger partial charge in [-0.05, 0) is 44.9 Å². The molecule has 0 amide bonds. The summed E-state index contributed by atoms with van der Waals surface area (Å²) < 4.78 is 5.61. The zero-order valence-electron chi connectivity index (χ0n) is 11.8. The van der Waals surface area contributed by atoms with Crippen molar-refractivity contribution in [3.8, 4) is 5.75 Å². The van der Waals surface area contributed by atoms with Gasteiger partial charge in [0.1, 0.15) is 5.75 Å². The van der Waals surface area contributed by atoms with Crippen LogP contribution in [0.3, 0.4) is 0 Å². The molecule has 0 saturated carbocycles. The SMILES string of the molecule is CC[C@H](CO)NC(C)c1ccc(OC(C)C)cc1. The lowest BCUT2D eigenvalue weighted by Crippen LogP contribution is -2.33. The molecule has 0 aromatic heterocycles. The third-order valence-electron chi connectivity index (χ3n) is 2.95. The summed E-state index contributed by atoms with van der Waals surface area (Å²) >= 11 is 0. The van der Waals surface area contributed by atoms with Gasteiger partial charge in [0, 0.05) is 12.1 Å². The number of nitrogens with one attached hydrogen (secondary N) is 1. The Kier molecular flexibility index (Phi) is 6.16. The van der Waals surface area contributed by atoms with Crippen molar-refractivity contribution in [1.29, 1.82) is 0 Å². The van der Waals surface area contributed by atoms with Crippen LogP contribution in [0.15, 0.2) is 24.3 Å². The van der Waals surface area contributed by atoms with Crippen LogP contribution in [-0.4, -0.2) is 23.9 Å². The van der Waals surface area contributed by atoms with Gasteiger partial charge in [-0.25, -0.2) is 0 Å². The summed E-state index contributed by atoms with van der Waals surface area (Å²) in [5, 5.41) is 12.6. The Balaban J connectivity index is 2.61. The molecule has 0 aliphatic heterocycles.